The number of rotatable bonds is 13. The van der Waals surface area contributed by atoms with E-state index in [4.69, 9.17) is 4.74 Å². The lowest BCUT2D eigenvalue weighted by molar-refractivity contribution is -0.156. The van der Waals surface area contributed by atoms with E-state index in [2.05, 4.69) is 64.6 Å². The second-order valence-corrected chi connectivity index (χ2v) is 10.2. The van der Waals surface area contributed by atoms with Gasteiger partial charge in [-0.3, -0.25) is 19.7 Å². The first-order valence-electron chi connectivity index (χ1n) is 13.7. The zero-order valence-corrected chi connectivity index (χ0v) is 23.2. The van der Waals surface area contributed by atoms with E-state index in [0.717, 1.165) is 49.8 Å². The van der Waals surface area contributed by atoms with Crippen LogP contribution in [0.15, 0.2) is 76.6 Å². The molecule has 0 aliphatic carbocycles. The lowest BCUT2D eigenvalue weighted by atomic mass is 9.99. The molecule has 11 heteroatoms. The van der Waals surface area contributed by atoms with Gasteiger partial charge in [0.05, 0.1) is 24.8 Å². The fraction of sp³-hybridized carbons (Fsp3) is 0.333. The minimum Gasteiger partial charge on any atom is -0.465 e. The average Bonchev–Trinajstić information content (AvgIpc) is 2.92. The van der Waals surface area contributed by atoms with Crippen LogP contribution in [0.2, 0.25) is 0 Å². The van der Waals surface area contributed by atoms with E-state index >= 15 is 0 Å². The van der Waals surface area contributed by atoms with Gasteiger partial charge < -0.3 is 20.7 Å². The van der Waals surface area contributed by atoms with Gasteiger partial charge in [-0.25, -0.2) is 9.98 Å². The molecule has 0 radical (unpaired) electrons. The fourth-order valence-electron chi connectivity index (χ4n) is 4.42. The number of likely N-dealkylation sites (tertiary alicyclic amines) is 1. The van der Waals surface area contributed by atoms with Crippen LogP contribution in [0.25, 0.3) is 0 Å². The Morgan fingerprint density at radius 3 is 2.73 bits per heavy atom. The first-order chi connectivity index (χ1) is 20.0. The molecule has 2 aliphatic rings. The summed E-state index contributed by atoms with van der Waals surface area (Å²) in [5.74, 6) is 1.92. The second-order valence-electron chi connectivity index (χ2n) is 10.2. The first kappa shape index (κ1) is 28.1. The number of pyridine rings is 1. The second kappa shape index (κ2) is 13.7. The quantitative estimate of drug-likeness (QED) is 0.216. The van der Waals surface area contributed by atoms with Gasteiger partial charge in [0.2, 0.25) is 5.95 Å². The van der Waals surface area contributed by atoms with E-state index < -0.39 is 0 Å². The third-order valence-corrected chi connectivity index (χ3v) is 6.85. The van der Waals surface area contributed by atoms with E-state index in [0.29, 0.717) is 36.7 Å². The van der Waals surface area contributed by atoms with Gasteiger partial charge in [0.15, 0.2) is 0 Å². The van der Waals surface area contributed by atoms with Gasteiger partial charge in [0, 0.05) is 62.4 Å². The topological polar surface area (TPSA) is 129 Å². The summed E-state index contributed by atoms with van der Waals surface area (Å²) in [5, 5.41) is 9.55. The molecule has 41 heavy (non-hydrogen) atoms. The van der Waals surface area contributed by atoms with Gasteiger partial charge in [-0.05, 0) is 55.6 Å². The van der Waals surface area contributed by atoms with Gasteiger partial charge >= 0.3 is 5.97 Å². The minimum atomic E-state index is -0.0697. The van der Waals surface area contributed by atoms with Crippen molar-refractivity contribution in [3.8, 4) is 0 Å². The van der Waals surface area contributed by atoms with Gasteiger partial charge in [-0.1, -0.05) is 18.2 Å². The molecule has 2 saturated heterocycles. The standard InChI is InChI=1S/C30H35N9O2/c1-21-4-3-5-26(35-21)16-32-12-10-27(31-2)37-28-11-13-34-30(38-28)36-25-8-6-22(7-9-25)17-39-18-24(19-39)29(40)41-20-23-14-33-15-23/h3-13,23-24,33H,2,14-20H2,1H3,(H2,34,36,37,38)/b27-10+,32-12-. The molecule has 2 aliphatic heterocycles. The van der Waals surface area contributed by atoms with Crippen LogP contribution in [0.4, 0.5) is 17.5 Å². The minimum absolute atomic E-state index is 0.0168. The lowest BCUT2D eigenvalue weighted by Gasteiger charge is -2.38. The van der Waals surface area contributed by atoms with Gasteiger partial charge in [0.25, 0.3) is 0 Å². The van der Waals surface area contributed by atoms with Crippen molar-refractivity contribution < 1.29 is 9.53 Å². The summed E-state index contributed by atoms with van der Waals surface area (Å²) < 4.78 is 5.45. The third-order valence-electron chi connectivity index (χ3n) is 6.85. The maximum Gasteiger partial charge on any atom is 0.311 e. The van der Waals surface area contributed by atoms with Crippen molar-refractivity contribution in [3.63, 3.8) is 0 Å². The third kappa shape index (κ3) is 8.26. The maximum absolute atomic E-state index is 12.2. The molecule has 0 bridgehead atoms. The smallest absolute Gasteiger partial charge is 0.311 e. The summed E-state index contributed by atoms with van der Waals surface area (Å²) in [5.41, 5.74) is 3.91. The van der Waals surface area contributed by atoms with Gasteiger partial charge in [-0.2, -0.15) is 4.98 Å². The number of carbonyl (C=O) groups excluding carboxylic acids is 1. The molecule has 2 fully saturated rings. The Kier molecular flexibility index (Phi) is 9.40. The Labute approximate surface area is 239 Å². The van der Waals surface area contributed by atoms with Crippen molar-refractivity contribution in [2.75, 3.05) is 43.4 Å². The van der Waals surface area contributed by atoms with Crippen molar-refractivity contribution in [1.82, 2.24) is 25.2 Å². The van der Waals surface area contributed by atoms with Crippen LogP contribution in [0.1, 0.15) is 17.0 Å². The molecule has 11 nitrogen and oxygen atoms in total. The van der Waals surface area contributed by atoms with Gasteiger partial charge in [-0.15, -0.1) is 0 Å². The van der Waals surface area contributed by atoms with Crippen LogP contribution in [-0.2, 0) is 22.6 Å². The van der Waals surface area contributed by atoms with E-state index in [1.54, 1.807) is 24.6 Å². The highest BCUT2D eigenvalue weighted by Crippen LogP contribution is 2.22. The molecule has 3 aromatic rings. The molecule has 0 spiro atoms. The summed E-state index contributed by atoms with van der Waals surface area (Å²) in [6.45, 7) is 10.7. The number of esters is 1. The Bertz CT molecular complexity index is 1400. The SMILES string of the molecule is C=N/C(=C\C=N/Cc1cccc(C)n1)Nc1ccnc(Nc2ccc(CN3CC(C(=O)OCC4CNC4)C3)cc2)n1. The number of allylic oxidation sites excluding steroid dienone is 1. The summed E-state index contributed by atoms with van der Waals surface area (Å²) in [4.78, 5) is 36.1. The summed E-state index contributed by atoms with van der Waals surface area (Å²) in [6, 6.07) is 15.7. The monoisotopic (exact) mass is 553 g/mol. The predicted molar refractivity (Wildman–Crippen MR) is 160 cm³/mol. The highest BCUT2D eigenvalue weighted by atomic mass is 16.5. The van der Waals surface area contributed by atoms with E-state index in [-0.39, 0.29) is 11.9 Å². The van der Waals surface area contributed by atoms with Crippen LogP contribution in [0.3, 0.4) is 0 Å². The molecule has 3 N–H and O–H groups in total. The molecule has 2 aromatic heterocycles. The highest BCUT2D eigenvalue weighted by Gasteiger charge is 2.34. The van der Waals surface area contributed by atoms with Crippen molar-refractivity contribution >= 4 is 36.4 Å². The van der Waals surface area contributed by atoms with E-state index in [1.807, 2.05) is 37.3 Å². The van der Waals surface area contributed by atoms with Crippen molar-refractivity contribution in [2.24, 2.45) is 21.8 Å². The van der Waals surface area contributed by atoms with Crippen molar-refractivity contribution in [1.29, 1.82) is 0 Å². The van der Waals surface area contributed by atoms with E-state index in [9.17, 15) is 4.79 Å². The fourth-order valence-corrected chi connectivity index (χ4v) is 4.42. The zero-order valence-electron chi connectivity index (χ0n) is 23.2. The van der Waals surface area contributed by atoms with Crippen LogP contribution in [-0.4, -0.2) is 71.5 Å². The molecule has 0 saturated carbocycles. The molecule has 0 amide bonds. The van der Waals surface area contributed by atoms with Crippen LogP contribution >= 0.6 is 0 Å². The number of ether oxygens (including phenoxy) is 1. The number of aryl methyl sites for hydroxylation is 1. The van der Waals surface area contributed by atoms with Crippen LogP contribution < -0.4 is 16.0 Å². The number of aliphatic imine (C=N–C) groups is 2. The number of benzene rings is 1. The Balaban J connectivity index is 1.07. The number of nitrogens with zero attached hydrogens (tertiary/aromatic N) is 6. The molecular formula is C30H35N9O2. The average molecular weight is 554 g/mol. The Morgan fingerprint density at radius 2 is 2.00 bits per heavy atom. The highest BCUT2D eigenvalue weighted by molar-refractivity contribution is 5.74. The zero-order chi connectivity index (χ0) is 28.4. The molecule has 0 atom stereocenters. The number of aromatic nitrogens is 3. The van der Waals surface area contributed by atoms with Gasteiger partial charge in [0.1, 0.15) is 11.6 Å². The first-order valence-corrected chi connectivity index (χ1v) is 13.7. The summed E-state index contributed by atoms with van der Waals surface area (Å²) in [6.07, 6.45) is 5.06. The number of anilines is 3. The molecule has 0 unspecified atom stereocenters. The maximum atomic E-state index is 12.2. The Morgan fingerprint density at radius 1 is 1.17 bits per heavy atom. The lowest BCUT2D eigenvalue weighted by Crippen LogP contribution is -2.51. The number of carbonyl (C=O) groups is 1. The van der Waals surface area contributed by atoms with Crippen LogP contribution in [0.5, 0.6) is 0 Å². The van der Waals surface area contributed by atoms with Crippen molar-refractivity contribution in [3.05, 3.63) is 83.6 Å². The van der Waals surface area contributed by atoms with Crippen LogP contribution in [0, 0.1) is 18.8 Å². The number of hydrogen-bond acceptors (Lipinski definition) is 11. The summed E-state index contributed by atoms with van der Waals surface area (Å²) >= 11 is 0. The molecular weight excluding hydrogens is 518 g/mol. The normalized spacial score (nSPS) is 16.2. The molecule has 4 heterocycles. The van der Waals surface area contributed by atoms with Crippen molar-refractivity contribution in [2.45, 2.75) is 20.0 Å². The summed E-state index contributed by atoms with van der Waals surface area (Å²) in [7, 11) is 0. The number of hydrogen-bond donors (Lipinski definition) is 3. The predicted octanol–water partition coefficient (Wildman–Crippen LogP) is 3.34. The van der Waals surface area contributed by atoms with E-state index in [1.165, 1.54) is 5.56 Å². The molecule has 1 aromatic carbocycles. The molecule has 212 valence electrons. The Hall–Kier alpha value is -4.48. The largest absolute Gasteiger partial charge is 0.465 e. The number of nitrogens with one attached hydrogen (secondary N) is 3. The molecule has 5 rings (SSSR count).